The van der Waals surface area contributed by atoms with E-state index in [0.29, 0.717) is 32.7 Å². The first-order chi connectivity index (χ1) is 8.99. The third-order valence-electron chi connectivity index (χ3n) is 3.29. The highest BCUT2D eigenvalue weighted by atomic mass is 16.5. The fourth-order valence-corrected chi connectivity index (χ4v) is 1.90. The van der Waals surface area contributed by atoms with Crippen molar-refractivity contribution in [1.29, 1.82) is 0 Å². The lowest BCUT2D eigenvalue weighted by Crippen LogP contribution is -2.48. The van der Waals surface area contributed by atoms with Gasteiger partial charge in [0, 0.05) is 40.2 Å². The van der Waals surface area contributed by atoms with Gasteiger partial charge in [-0.2, -0.15) is 0 Å². The van der Waals surface area contributed by atoms with Gasteiger partial charge in [0.1, 0.15) is 5.60 Å². The molecule has 19 heavy (non-hydrogen) atoms. The monoisotopic (exact) mass is 274 g/mol. The fraction of sp³-hybridized carbons (Fsp3) is 0.833. The zero-order chi connectivity index (χ0) is 14.3. The van der Waals surface area contributed by atoms with Gasteiger partial charge in [-0.25, -0.2) is 4.79 Å². The highest BCUT2D eigenvalue weighted by Crippen LogP contribution is 2.21. The number of ether oxygens (including phenoxy) is 2. The number of amides is 2. The summed E-state index contributed by atoms with van der Waals surface area (Å²) >= 11 is 0. The molecular formula is C12H22N2O5. The molecule has 2 N–H and O–H groups in total. The van der Waals surface area contributed by atoms with Crippen LogP contribution >= 0.6 is 0 Å². The number of nitrogens with zero attached hydrogens (tertiary/aromatic N) is 1. The van der Waals surface area contributed by atoms with Crippen LogP contribution in [0, 0.1) is 0 Å². The van der Waals surface area contributed by atoms with Crippen molar-refractivity contribution in [3.63, 3.8) is 0 Å². The maximum atomic E-state index is 11.8. The molecule has 1 fully saturated rings. The molecule has 1 saturated heterocycles. The number of carboxylic acids is 1. The number of nitrogens with one attached hydrogen (secondary N) is 1. The summed E-state index contributed by atoms with van der Waals surface area (Å²) in [6, 6.07) is -0.228. The Bertz CT molecular complexity index is 315. The maximum Gasteiger partial charge on any atom is 0.317 e. The maximum absolute atomic E-state index is 11.8. The predicted molar refractivity (Wildman–Crippen MR) is 68.1 cm³/mol. The van der Waals surface area contributed by atoms with Crippen LogP contribution in [0.5, 0.6) is 0 Å². The molecule has 0 bridgehead atoms. The molecule has 1 atom stereocenters. The van der Waals surface area contributed by atoms with E-state index in [-0.39, 0.29) is 12.5 Å². The van der Waals surface area contributed by atoms with E-state index in [1.165, 1.54) is 4.90 Å². The first kappa shape index (κ1) is 15.7. The van der Waals surface area contributed by atoms with Gasteiger partial charge in [-0.3, -0.25) is 4.79 Å². The van der Waals surface area contributed by atoms with Crippen LogP contribution in [0.4, 0.5) is 4.79 Å². The smallest absolute Gasteiger partial charge is 0.317 e. The van der Waals surface area contributed by atoms with Gasteiger partial charge < -0.3 is 24.8 Å². The Morgan fingerprint density at radius 3 is 2.79 bits per heavy atom. The van der Waals surface area contributed by atoms with Crippen molar-refractivity contribution < 1.29 is 24.2 Å². The molecular weight excluding hydrogens is 252 g/mol. The lowest BCUT2D eigenvalue weighted by Gasteiger charge is -2.27. The summed E-state index contributed by atoms with van der Waals surface area (Å²) in [5.74, 6) is -0.852. The van der Waals surface area contributed by atoms with Gasteiger partial charge in [0.05, 0.1) is 13.2 Å². The summed E-state index contributed by atoms with van der Waals surface area (Å²) in [6.45, 7) is 1.92. The van der Waals surface area contributed by atoms with Gasteiger partial charge in [0.15, 0.2) is 0 Å². The van der Waals surface area contributed by atoms with Crippen LogP contribution in [0.1, 0.15) is 19.3 Å². The molecule has 1 rings (SSSR count). The lowest BCUT2D eigenvalue weighted by atomic mass is 10.0. The van der Waals surface area contributed by atoms with E-state index < -0.39 is 11.6 Å². The number of hydrogen-bond donors (Lipinski definition) is 2. The Hall–Kier alpha value is -1.34. The summed E-state index contributed by atoms with van der Waals surface area (Å²) in [5.41, 5.74) is -0.433. The van der Waals surface area contributed by atoms with Gasteiger partial charge in [-0.15, -0.1) is 0 Å². The topological polar surface area (TPSA) is 88.1 Å². The van der Waals surface area contributed by atoms with Crippen molar-refractivity contribution >= 4 is 12.0 Å². The zero-order valence-corrected chi connectivity index (χ0v) is 11.5. The van der Waals surface area contributed by atoms with Crippen LogP contribution in [0.3, 0.4) is 0 Å². The minimum atomic E-state index is -0.852. The number of rotatable bonds is 7. The molecule has 0 aromatic heterocycles. The van der Waals surface area contributed by atoms with Crippen molar-refractivity contribution in [2.45, 2.75) is 24.9 Å². The second-order valence-electron chi connectivity index (χ2n) is 4.77. The van der Waals surface area contributed by atoms with Crippen LogP contribution in [0.25, 0.3) is 0 Å². The van der Waals surface area contributed by atoms with Crippen LogP contribution in [-0.4, -0.2) is 68.1 Å². The number of hydrogen-bond acceptors (Lipinski definition) is 4. The first-order valence-corrected chi connectivity index (χ1v) is 6.33. The third kappa shape index (κ3) is 5.04. The molecule has 0 radical (unpaired) electrons. The Balaban J connectivity index is 2.27. The molecule has 0 aliphatic carbocycles. The average molecular weight is 274 g/mol. The number of methoxy groups -OCH3 is 1. The molecule has 2 amide bonds. The Labute approximate surface area is 112 Å². The van der Waals surface area contributed by atoms with Gasteiger partial charge in [-0.05, 0) is 6.42 Å². The molecule has 0 saturated carbocycles. The number of carboxylic acid groups (broad SMARTS) is 1. The SMILES string of the molecule is COC1(CNC(=O)N(C)CCCC(=O)O)CCOC1. The van der Waals surface area contributed by atoms with Crippen LogP contribution < -0.4 is 5.32 Å². The summed E-state index contributed by atoms with van der Waals surface area (Å²) in [6.07, 6.45) is 1.26. The number of carbonyl (C=O) groups is 2. The molecule has 1 aliphatic rings. The van der Waals surface area contributed by atoms with Gasteiger partial charge in [0.25, 0.3) is 0 Å². The number of aliphatic carboxylic acids is 1. The second-order valence-corrected chi connectivity index (χ2v) is 4.77. The van der Waals surface area contributed by atoms with Gasteiger partial charge in [-0.1, -0.05) is 0 Å². The van der Waals surface area contributed by atoms with Crippen LogP contribution in [-0.2, 0) is 14.3 Å². The molecule has 1 unspecified atom stereocenters. The minimum absolute atomic E-state index is 0.0630. The molecule has 7 nitrogen and oxygen atoms in total. The minimum Gasteiger partial charge on any atom is -0.481 e. The Morgan fingerprint density at radius 1 is 1.53 bits per heavy atom. The van der Waals surface area contributed by atoms with E-state index >= 15 is 0 Å². The van der Waals surface area contributed by atoms with Gasteiger partial charge in [0.2, 0.25) is 0 Å². The summed E-state index contributed by atoms with van der Waals surface area (Å²) in [4.78, 5) is 23.7. The Morgan fingerprint density at radius 2 is 2.26 bits per heavy atom. The average Bonchev–Trinajstić information content (AvgIpc) is 2.84. The second kappa shape index (κ2) is 7.30. The quantitative estimate of drug-likeness (QED) is 0.697. The summed E-state index contributed by atoms with van der Waals surface area (Å²) in [5, 5.41) is 11.3. The van der Waals surface area contributed by atoms with Crippen LogP contribution in [0.2, 0.25) is 0 Å². The van der Waals surface area contributed by atoms with Crippen LogP contribution in [0.15, 0.2) is 0 Å². The zero-order valence-electron chi connectivity index (χ0n) is 11.5. The van der Waals surface area contributed by atoms with Gasteiger partial charge >= 0.3 is 12.0 Å². The molecule has 7 heteroatoms. The van der Waals surface area contributed by atoms with Crippen molar-refractivity contribution in [1.82, 2.24) is 10.2 Å². The highest BCUT2D eigenvalue weighted by Gasteiger charge is 2.35. The van der Waals surface area contributed by atoms with Crippen molar-refractivity contribution in [3.05, 3.63) is 0 Å². The van der Waals surface area contributed by atoms with E-state index in [1.54, 1.807) is 14.2 Å². The van der Waals surface area contributed by atoms with E-state index in [2.05, 4.69) is 5.32 Å². The van der Waals surface area contributed by atoms with Crippen molar-refractivity contribution in [2.75, 3.05) is 40.5 Å². The molecule has 110 valence electrons. The normalized spacial score (nSPS) is 22.2. The molecule has 1 heterocycles. The molecule has 0 aromatic carbocycles. The van der Waals surface area contributed by atoms with E-state index in [0.717, 1.165) is 6.42 Å². The molecule has 0 aromatic rings. The predicted octanol–water partition coefficient (Wildman–Crippen LogP) is 0.298. The highest BCUT2D eigenvalue weighted by molar-refractivity contribution is 5.74. The molecule has 0 spiro atoms. The molecule has 1 aliphatic heterocycles. The Kier molecular flexibility index (Phi) is 6.04. The first-order valence-electron chi connectivity index (χ1n) is 6.33. The van der Waals surface area contributed by atoms with Crippen molar-refractivity contribution in [2.24, 2.45) is 0 Å². The standard InChI is InChI=1S/C12H22N2O5/c1-14(6-3-4-10(15)16)11(17)13-8-12(18-2)5-7-19-9-12/h3-9H2,1-2H3,(H,13,17)(H,15,16). The van der Waals surface area contributed by atoms with E-state index in [9.17, 15) is 9.59 Å². The van der Waals surface area contributed by atoms with E-state index in [1.807, 2.05) is 0 Å². The fourth-order valence-electron chi connectivity index (χ4n) is 1.90. The number of carbonyl (C=O) groups excluding carboxylic acids is 1. The lowest BCUT2D eigenvalue weighted by molar-refractivity contribution is -0.137. The summed E-state index contributed by atoms with van der Waals surface area (Å²) in [7, 11) is 3.25. The van der Waals surface area contributed by atoms with E-state index in [4.69, 9.17) is 14.6 Å². The van der Waals surface area contributed by atoms with Crippen molar-refractivity contribution in [3.8, 4) is 0 Å². The summed E-state index contributed by atoms with van der Waals surface area (Å²) < 4.78 is 10.7. The number of urea groups is 1. The third-order valence-corrected chi connectivity index (χ3v) is 3.29. The largest absolute Gasteiger partial charge is 0.481 e.